The van der Waals surface area contributed by atoms with Gasteiger partial charge in [-0.1, -0.05) is 42.5 Å². The summed E-state index contributed by atoms with van der Waals surface area (Å²) in [7, 11) is 0. The van der Waals surface area contributed by atoms with E-state index >= 15 is 0 Å². The summed E-state index contributed by atoms with van der Waals surface area (Å²) < 4.78 is 19.3. The van der Waals surface area contributed by atoms with E-state index in [-0.39, 0.29) is 23.9 Å². The Morgan fingerprint density at radius 2 is 1.58 bits per heavy atom. The average molecular weight is 570 g/mol. The predicted molar refractivity (Wildman–Crippen MR) is 157 cm³/mol. The zero-order chi connectivity index (χ0) is 29.7. The third-order valence-corrected chi connectivity index (χ3v) is 8.69. The van der Waals surface area contributed by atoms with E-state index in [1.54, 1.807) is 36.5 Å². The van der Waals surface area contributed by atoms with E-state index in [9.17, 15) is 18.8 Å². The van der Waals surface area contributed by atoms with Crippen LogP contribution >= 0.6 is 0 Å². The van der Waals surface area contributed by atoms with Gasteiger partial charge in [-0.25, -0.2) is 4.39 Å². The Bertz CT molecular complexity index is 1860. The van der Waals surface area contributed by atoms with Crippen molar-refractivity contribution >= 4 is 29.2 Å². The fraction of sp³-hybridized carbons (Fsp3) is 0.143. The van der Waals surface area contributed by atoms with Gasteiger partial charge in [0.15, 0.2) is 18.2 Å². The molecule has 0 bridgehead atoms. The Labute approximate surface area is 246 Å². The number of anilines is 1. The second-order valence-corrected chi connectivity index (χ2v) is 10.8. The number of hydrogen-bond acceptors (Lipinski definition) is 6. The molecule has 3 aliphatic heterocycles. The van der Waals surface area contributed by atoms with Gasteiger partial charge in [0, 0.05) is 23.0 Å². The van der Waals surface area contributed by atoms with E-state index in [0.29, 0.717) is 22.6 Å². The monoisotopic (exact) mass is 569 g/mol. The molecule has 43 heavy (non-hydrogen) atoms. The molecular weight excluding hydrogens is 545 g/mol. The van der Waals surface area contributed by atoms with E-state index < -0.39 is 35.0 Å². The summed E-state index contributed by atoms with van der Waals surface area (Å²) >= 11 is 0. The van der Waals surface area contributed by atoms with Crippen LogP contribution in [0.5, 0.6) is 5.75 Å². The zero-order valence-corrected chi connectivity index (χ0v) is 22.7. The normalized spacial score (nSPS) is 22.7. The zero-order valence-electron chi connectivity index (χ0n) is 22.7. The molecule has 4 aromatic rings. The molecule has 1 amide bonds. The maximum atomic E-state index is 14.8. The molecular formula is C35H24FN3O4. The quantitative estimate of drug-likeness (QED) is 0.299. The van der Waals surface area contributed by atoms with Gasteiger partial charge in [-0.2, -0.15) is 5.26 Å². The largest absolute Gasteiger partial charge is 0.479 e. The number of fused-ring (bicyclic) bond motifs is 6. The van der Waals surface area contributed by atoms with Crippen molar-refractivity contribution in [1.82, 2.24) is 4.90 Å². The first-order valence-electron chi connectivity index (χ1n) is 13.8. The number of para-hydroxylation sites is 1. The topological polar surface area (TPSA) is 99.5 Å². The Morgan fingerprint density at radius 1 is 0.907 bits per heavy atom. The number of amides is 1. The number of ether oxygens (including phenoxy) is 1. The molecule has 1 fully saturated rings. The summed E-state index contributed by atoms with van der Waals surface area (Å²) in [5.41, 5.74) is 2.00. The van der Waals surface area contributed by atoms with Crippen LogP contribution < -0.4 is 10.1 Å². The Balaban J connectivity index is 1.48. The molecule has 3 heterocycles. The fourth-order valence-electron chi connectivity index (χ4n) is 6.96. The van der Waals surface area contributed by atoms with E-state index in [1.165, 1.54) is 24.3 Å². The molecule has 4 atom stereocenters. The van der Waals surface area contributed by atoms with Crippen LogP contribution in [0.15, 0.2) is 103 Å². The number of Topliss-reactive ketones (excluding diaryl/α,β-unsaturated/α-hetero) is 2. The number of halogens is 1. The highest BCUT2D eigenvalue weighted by molar-refractivity contribution is 6.16. The molecule has 0 aliphatic carbocycles. The minimum Gasteiger partial charge on any atom is -0.479 e. The van der Waals surface area contributed by atoms with Crippen LogP contribution in [0.3, 0.4) is 0 Å². The van der Waals surface area contributed by atoms with Gasteiger partial charge >= 0.3 is 0 Å². The van der Waals surface area contributed by atoms with Gasteiger partial charge in [0.1, 0.15) is 29.1 Å². The third kappa shape index (κ3) is 3.89. The molecule has 0 unspecified atom stereocenters. The smallest absolute Gasteiger partial charge is 0.238 e. The number of nitrogens with zero attached hydrogens (tertiary/aromatic N) is 2. The van der Waals surface area contributed by atoms with Crippen LogP contribution in [-0.4, -0.2) is 35.0 Å². The lowest BCUT2D eigenvalue weighted by Crippen LogP contribution is -2.49. The molecule has 1 saturated heterocycles. The van der Waals surface area contributed by atoms with Crippen molar-refractivity contribution in [2.45, 2.75) is 17.5 Å². The van der Waals surface area contributed by atoms with E-state index in [1.807, 2.05) is 59.5 Å². The summed E-state index contributed by atoms with van der Waals surface area (Å²) in [5.74, 6) is -2.37. The molecule has 7 nitrogen and oxygen atoms in total. The first-order chi connectivity index (χ1) is 20.9. The fourth-order valence-corrected chi connectivity index (χ4v) is 6.96. The van der Waals surface area contributed by atoms with Gasteiger partial charge < -0.3 is 15.0 Å². The van der Waals surface area contributed by atoms with Gasteiger partial charge in [-0.05, 0) is 77.4 Å². The molecule has 1 spiro atoms. The van der Waals surface area contributed by atoms with Gasteiger partial charge in [0.25, 0.3) is 0 Å². The SMILES string of the molecule is N#CCOc1ccc(C(=O)[C@@H]2[C@H](C(=O)c3ccc(F)cc3)N3C=Cc4ccccc4[C@H]3[C@]23C(=O)Nc2ccccc23)cc1. The molecule has 3 aliphatic rings. The number of rotatable bonds is 6. The summed E-state index contributed by atoms with van der Waals surface area (Å²) in [6, 6.07) is 26.7. The summed E-state index contributed by atoms with van der Waals surface area (Å²) in [6.07, 6.45) is 3.68. The predicted octanol–water partition coefficient (Wildman–Crippen LogP) is 5.71. The summed E-state index contributed by atoms with van der Waals surface area (Å²) in [6.45, 7) is -0.146. The summed E-state index contributed by atoms with van der Waals surface area (Å²) in [5, 5.41) is 11.9. The van der Waals surface area contributed by atoms with Crippen molar-refractivity contribution in [1.29, 1.82) is 5.26 Å². The highest BCUT2D eigenvalue weighted by atomic mass is 19.1. The minimum atomic E-state index is -1.47. The van der Waals surface area contributed by atoms with Crippen molar-refractivity contribution < 1.29 is 23.5 Å². The first-order valence-corrected chi connectivity index (χ1v) is 13.8. The number of hydrogen-bond donors (Lipinski definition) is 1. The maximum absolute atomic E-state index is 14.8. The highest BCUT2D eigenvalue weighted by Crippen LogP contribution is 2.62. The number of nitrogens with one attached hydrogen (secondary N) is 1. The standard InChI is InChI=1S/C35H24FN3O4/c36-24-13-9-23(10-14-24)32(41)30-29(31(40)22-11-15-25(16-12-22)43-20-18-37)35(27-7-3-4-8-28(27)38-34(35)42)33-26-6-2-1-5-21(26)17-19-39(30)33/h1-17,19,29-30,33H,20H2,(H,38,42)/t29-,30+,33-,35+/m0/s1. The van der Waals surface area contributed by atoms with Gasteiger partial charge in [0.2, 0.25) is 5.91 Å². The van der Waals surface area contributed by atoms with Crippen LogP contribution in [0.4, 0.5) is 10.1 Å². The van der Waals surface area contributed by atoms with Crippen LogP contribution in [0, 0.1) is 23.1 Å². The lowest BCUT2D eigenvalue weighted by atomic mass is 9.62. The minimum absolute atomic E-state index is 0.146. The van der Waals surface area contributed by atoms with Gasteiger partial charge in [-0.15, -0.1) is 0 Å². The lowest BCUT2D eigenvalue weighted by Gasteiger charge is -2.38. The van der Waals surface area contributed by atoms with Crippen LogP contribution in [0.2, 0.25) is 0 Å². The number of nitriles is 1. The molecule has 8 heteroatoms. The molecule has 0 radical (unpaired) electrons. The van der Waals surface area contributed by atoms with Crippen LogP contribution in [-0.2, 0) is 10.2 Å². The first kappa shape index (κ1) is 26.4. The average Bonchev–Trinajstić information content (AvgIpc) is 3.52. The van der Waals surface area contributed by atoms with Crippen LogP contribution in [0.25, 0.3) is 6.08 Å². The van der Waals surface area contributed by atoms with Gasteiger partial charge in [0.05, 0.1) is 12.0 Å². The molecule has 210 valence electrons. The molecule has 0 saturated carbocycles. The van der Waals surface area contributed by atoms with Crippen molar-refractivity contribution in [3.05, 3.63) is 137 Å². The second kappa shape index (κ2) is 10.1. The number of benzene rings is 4. The van der Waals surface area contributed by atoms with E-state index in [0.717, 1.165) is 11.1 Å². The number of carbonyl (C=O) groups excluding carboxylic acids is 3. The summed E-state index contributed by atoms with van der Waals surface area (Å²) in [4.78, 5) is 45.6. The number of carbonyl (C=O) groups is 3. The van der Waals surface area contributed by atoms with Gasteiger partial charge in [-0.3, -0.25) is 14.4 Å². The Hall–Kier alpha value is -5.55. The lowest BCUT2D eigenvalue weighted by molar-refractivity contribution is -0.122. The maximum Gasteiger partial charge on any atom is 0.238 e. The Morgan fingerprint density at radius 3 is 2.35 bits per heavy atom. The van der Waals surface area contributed by atoms with Crippen molar-refractivity contribution in [2.75, 3.05) is 11.9 Å². The van der Waals surface area contributed by atoms with Crippen molar-refractivity contribution in [3.63, 3.8) is 0 Å². The molecule has 7 rings (SSSR count). The van der Waals surface area contributed by atoms with Crippen LogP contribution in [0.1, 0.15) is 43.4 Å². The Kier molecular flexibility index (Phi) is 6.17. The second-order valence-electron chi connectivity index (χ2n) is 10.8. The molecule has 1 N–H and O–H groups in total. The van der Waals surface area contributed by atoms with E-state index in [4.69, 9.17) is 10.00 Å². The molecule has 0 aromatic heterocycles. The highest BCUT2D eigenvalue weighted by Gasteiger charge is 2.70. The third-order valence-electron chi connectivity index (χ3n) is 8.69. The van der Waals surface area contributed by atoms with E-state index in [2.05, 4.69) is 5.32 Å². The number of ketones is 2. The molecule has 4 aromatic carbocycles. The van der Waals surface area contributed by atoms with Crippen molar-refractivity contribution in [2.24, 2.45) is 5.92 Å². The van der Waals surface area contributed by atoms with Crippen molar-refractivity contribution in [3.8, 4) is 11.8 Å².